The molecule has 3 nitrogen and oxygen atoms in total. The second-order valence-electron chi connectivity index (χ2n) is 5.35. The molecule has 0 heterocycles. The Morgan fingerprint density at radius 1 is 1.14 bits per heavy atom. The van der Waals surface area contributed by atoms with Crippen molar-refractivity contribution >= 4 is 0 Å². The molecular weight excluding hydrogens is 178 g/mol. The zero-order valence-electron chi connectivity index (χ0n) is 10.4. The molecule has 0 radical (unpaired) electrons. The van der Waals surface area contributed by atoms with Crippen LogP contribution in [-0.4, -0.2) is 48.0 Å². The molecule has 0 aliphatic rings. The second-order valence-corrected chi connectivity index (χ2v) is 5.35. The first kappa shape index (κ1) is 13.9. The number of hydrogen-bond acceptors (Lipinski definition) is 3. The van der Waals surface area contributed by atoms with Gasteiger partial charge < -0.3 is 9.84 Å². The van der Waals surface area contributed by atoms with Gasteiger partial charge in [-0.25, -0.2) is 0 Å². The van der Waals surface area contributed by atoms with E-state index in [-0.39, 0.29) is 17.7 Å². The van der Waals surface area contributed by atoms with Crippen molar-refractivity contribution in [3.63, 3.8) is 0 Å². The minimum atomic E-state index is -0.165. The molecule has 0 fully saturated rings. The Kier molecular flexibility index (Phi) is 5.06. The fraction of sp³-hybridized carbons (Fsp3) is 1.00. The van der Waals surface area contributed by atoms with Crippen molar-refractivity contribution in [1.29, 1.82) is 0 Å². The molecule has 0 unspecified atom stereocenters. The quantitative estimate of drug-likeness (QED) is 0.735. The zero-order chi connectivity index (χ0) is 11.4. The molecule has 86 valence electrons. The number of aliphatic hydroxyl groups is 1. The molecule has 0 rings (SSSR count). The number of aliphatic hydroxyl groups excluding tert-OH is 1. The number of rotatable bonds is 5. The van der Waals surface area contributed by atoms with E-state index < -0.39 is 0 Å². The van der Waals surface area contributed by atoms with Crippen molar-refractivity contribution < 1.29 is 9.84 Å². The topological polar surface area (TPSA) is 32.7 Å². The molecule has 0 saturated carbocycles. The van der Waals surface area contributed by atoms with Crippen molar-refractivity contribution in [2.45, 2.75) is 45.8 Å². The first-order valence-corrected chi connectivity index (χ1v) is 5.15. The maximum absolute atomic E-state index is 9.14. The summed E-state index contributed by atoms with van der Waals surface area (Å²) in [4.78, 5) is 2.11. The summed E-state index contributed by atoms with van der Waals surface area (Å²) >= 11 is 0. The molecule has 0 spiro atoms. The molecule has 0 bridgehead atoms. The summed E-state index contributed by atoms with van der Waals surface area (Å²) in [6, 6.07) is 0. The maximum Gasteiger partial charge on any atom is 0.0609 e. The van der Waals surface area contributed by atoms with Gasteiger partial charge in [0.2, 0.25) is 0 Å². The van der Waals surface area contributed by atoms with E-state index in [1.807, 2.05) is 41.7 Å². The third kappa shape index (κ3) is 5.58. The van der Waals surface area contributed by atoms with Crippen molar-refractivity contribution in [2.24, 2.45) is 0 Å². The van der Waals surface area contributed by atoms with Gasteiger partial charge in [-0.15, -0.1) is 0 Å². The highest BCUT2D eigenvalue weighted by Gasteiger charge is 2.22. The minimum Gasteiger partial charge on any atom is -0.394 e. The number of likely N-dealkylation sites (N-methyl/N-ethyl adjacent to an activating group) is 1. The van der Waals surface area contributed by atoms with E-state index in [9.17, 15) is 0 Å². The molecule has 0 aromatic carbocycles. The van der Waals surface area contributed by atoms with Gasteiger partial charge >= 0.3 is 0 Å². The van der Waals surface area contributed by atoms with E-state index in [0.29, 0.717) is 6.61 Å². The number of ether oxygens (including phenoxy) is 1. The largest absolute Gasteiger partial charge is 0.394 e. The lowest BCUT2D eigenvalue weighted by Gasteiger charge is -2.34. The normalized spacial score (nSPS) is 13.7. The van der Waals surface area contributed by atoms with Crippen molar-refractivity contribution in [2.75, 3.05) is 26.8 Å². The van der Waals surface area contributed by atoms with Gasteiger partial charge in [0.25, 0.3) is 0 Å². The van der Waals surface area contributed by atoms with Gasteiger partial charge in [-0.3, -0.25) is 4.90 Å². The standard InChI is InChI=1S/C11H25NO2/c1-10(2,3)14-8-7-12(6)11(4,5)9-13/h13H,7-9H2,1-6H3. The lowest BCUT2D eigenvalue weighted by atomic mass is 10.1. The lowest BCUT2D eigenvalue weighted by Crippen LogP contribution is -2.46. The Hall–Kier alpha value is -0.120. The van der Waals surface area contributed by atoms with Gasteiger partial charge in [-0.05, 0) is 41.7 Å². The van der Waals surface area contributed by atoms with Crippen LogP contribution in [0.1, 0.15) is 34.6 Å². The average molecular weight is 203 g/mol. The predicted octanol–water partition coefficient (Wildman–Crippen LogP) is 1.50. The summed E-state index contributed by atoms with van der Waals surface area (Å²) in [6.07, 6.45) is 0. The van der Waals surface area contributed by atoms with Gasteiger partial charge in [-0.2, -0.15) is 0 Å². The van der Waals surface area contributed by atoms with Gasteiger partial charge in [0.05, 0.1) is 18.8 Å². The number of hydrogen-bond donors (Lipinski definition) is 1. The van der Waals surface area contributed by atoms with Crippen molar-refractivity contribution in [3.8, 4) is 0 Å². The van der Waals surface area contributed by atoms with Gasteiger partial charge in [0.15, 0.2) is 0 Å². The highest BCUT2D eigenvalue weighted by molar-refractivity contribution is 4.77. The molecular formula is C11H25NO2. The van der Waals surface area contributed by atoms with E-state index in [1.54, 1.807) is 0 Å². The fourth-order valence-corrected chi connectivity index (χ4v) is 0.912. The highest BCUT2D eigenvalue weighted by atomic mass is 16.5. The van der Waals surface area contributed by atoms with Crippen molar-refractivity contribution in [1.82, 2.24) is 4.90 Å². The van der Waals surface area contributed by atoms with Crippen LogP contribution in [0, 0.1) is 0 Å². The SMILES string of the molecule is CN(CCOC(C)(C)C)C(C)(C)CO. The Morgan fingerprint density at radius 3 is 2.00 bits per heavy atom. The van der Waals surface area contributed by atoms with E-state index in [4.69, 9.17) is 9.84 Å². The van der Waals surface area contributed by atoms with Crippen molar-refractivity contribution in [3.05, 3.63) is 0 Å². The summed E-state index contributed by atoms with van der Waals surface area (Å²) in [5.74, 6) is 0. The second kappa shape index (κ2) is 5.10. The molecule has 14 heavy (non-hydrogen) atoms. The van der Waals surface area contributed by atoms with Gasteiger partial charge in [0, 0.05) is 12.1 Å². The minimum absolute atomic E-state index is 0.0792. The smallest absolute Gasteiger partial charge is 0.0609 e. The molecule has 0 aliphatic heterocycles. The monoisotopic (exact) mass is 203 g/mol. The molecule has 0 atom stereocenters. The lowest BCUT2D eigenvalue weighted by molar-refractivity contribution is -0.0260. The first-order valence-electron chi connectivity index (χ1n) is 5.15. The Morgan fingerprint density at radius 2 is 1.64 bits per heavy atom. The van der Waals surface area contributed by atoms with E-state index in [0.717, 1.165) is 6.54 Å². The van der Waals surface area contributed by atoms with Crippen LogP contribution >= 0.6 is 0 Å². The van der Waals surface area contributed by atoms with Crippen LogP contribution in [0.4, 0.5) is 0 Å². The predicted molar refractivity (Wildman–Crippen MR) is 59.5 cm³/mol. The molecule has 0 amide bonds. The van der Waals surface area contributed by atoms with Crippen LogP contribution in [0.3, 0.4) is 0 Å². The molecule has 3 heteroatoms. The van der Waals surface area contributed by atoms with Crippen LogP contribution in [0.2, 0.25) is 0 Å². The van der Waals surface area contributed by atoms with E-state index >= 15 is 0 Å². The van der Waals surface area contributed by atoms with E-state index in [1.165, 1.54) is 0 Å². The number of nitrogens with zero attached hydrogens (tertiary/aromatic N) is 1. The summed E-state index contributed by atoms with van der Waals surface area (Å²) in [6.45, 7) is 11.9. The van der Waals surface area contributed by atoms with Gasteiger partial charge in [-0.1, -0.05) is 0 Å². The molecule has 0 aliphatic carbocycles. The molecule has 1 N–H and O–H groups in total. The third-order valence-corrected chi connectivity index (χ3v) is 2.38. The summed E-state index contributed by atoms with van der Waals surface area (Å²) in [5, 5.41) is 9.14. The molecule has 0 aromatic heterocycles. The van der Waals surface area contributed by atoms with Crippen LogP contribution in [-0.2, 0) is 4.74 Å². The van der Waals surface area contributed by atoms with Crippen LogP contribution < -0.4 is 0 Å². The third-order valence-electron chi connectivity index (χ3n) is 2.38. The first-order chi connectivity index (χ1) is 6.19. The molecule has 0 saturated heterocycles. The van der Waals surface area contributed by atoms with Gasteiger partial charge in [0.1, 0.15) is 0 Å². The summed E-state index contributed by atoms with van der Waals surface area (Å²) in [5.41, 5.74) is -0.245. The Bertz CT molecular complexity index is 161. The Labute approximate surface area is 88.1 Å². The van der Waals surface area contributed by atoms with Crippen LogP contribution in [0.15, 0.2) is 0 Å². The summed E-state index contributed by atoms with van der Waals surface area (Å²) in [7, 11) is 2.00. The molecule has 0 aromatic rings. The fourth-order valence-electron chi connectivity index (χ4n) is 0.912. The maximum atomic E-state index is 9.14. The van der Waals surface area contributed by atoms with Crippen LogP contribution in [0.5, 0.6) is 0 Å². The zero-order valence-corrected chi connectivity index (χ0v) is 10.4. The summed E-state index contributed by atoms with van der Waals surface area (Å²) < 4.78 is 5.62. The average Bonchev–Trinajstić information content (AvgIpc) is 2.02. The Balaban J connectivity index is 3.80. The van der Waals surface area contributed by atoms with Crippen LogP contribution in [0.25, 0.3) is 0 Å². The van der Waals surface area contributed by atoms with E-state index in [2.05, 4.69) is 4.90 Å². The highest BCUT2D eigenvalue weighted by Crippen LogP contribution is 2.11.